The maximum atomic E-state index is 16.2. The van der Waals surface area contributed by atoms with Crippen LogP contribution in [0, 0.1) is 0 Å². The monoisotopic (exact) mass is 387 g/mol. The molecule has 1 heterocycles. The van der Waals surface area contributed by atoms with Gasteiger partial charge in [-0.25, -0.2) is 13.6 Å². The lowest BCUT2D eigenvalue weighted by atomic mass is 9.97. The van der Waals surface area contributed by atoms with Crippen molar-refractivity contribution < 1.29 is 22.6 Å². The molecule has 0 saturated carbocycles. The van der Waals surface area contributed by atoms with Gasteiger partial charge in [0.2, 0.25) is 17.0 Å². The first-order valence-corrected chi connectivity index (χ1v) is 9.24. The third kappa shape index (κ3) is 3.84. The summed E-state index contributed by atoms with van der Waals surface area (Å²) in [5, 5.41) is -2.76. The summed E-state index contributed by atoms with van der Waals surface area (Å²) in [7, 11) is 1.44. The van der Waals surface area contributed by atoms with Gasteiger partial charge >= 0.3 is 0 Å². The Morgan fingerprint density at radius 3 is 2.33 bits per heavy atom. The maximum absolute atomic E-state index is 16.2. The first-order valence-electron chi connectivity index (χ1n) is 8.13. The predicted octanol–water partition coefficient (Wildman–Crippen LogP) is 4.25. The molecule has 0 spiro atoms. The SMILES string of the molecule is COc1ccccc1[C@H](Oc1ccccn1)[C@](F)(c1ccccc1)S(=O)O. The molecular formula is C20H18FNO4S. The molecular weight excluding hydrogens is 369 g/mol. The van der Waals surface area contributed by atoms with Crippen LogP contribution in [-0.2, 0) is 16.1 Å². The predicted molar refractivity (Wildman–Crippen MR) is 101 cm³/mol. The molecule has 0 fully saturated rings. The van der Waals surface area contributed by atoms with Crippen molar-refractivity contribution in [2.75, 3.05) is 7.11 Å². The maximum Gasteiger partial charge on any atom is 0.275 e. The fourth-order valence-corrected chi connectivity index (χ4v) is 3.46. The van der Waals surface area contributed by atoms with Gasteiger partial charge in [0.25, 0.3) is 5.00 Å². The van der Waals surface area contributed by atoms with E-state index in [2.05, 4.69) is 4.98 Å². The van der Waals surface area contributed by atoms with Crippen LogP contribution in [0.4, 0.5) is 4.39 Å². The van der Waals surface area contributed by atoms with Crippen LogP contribution in [0.1, 0.15) is 17.2 Å². The number of alkyl halides is 1. The fourth-order valence-electron chi connectivity index (χ4n) is 2.77. The standard InChI is InChI=1S/C20H18FNO4S/c1-25-17-12-6-5-11-16(17)19(26-18-13-7-8-14-22-18)20(21,27(23)24)15-9-3-2-4-10-15/h2-14,19H,1H3,(H,23,24)/t19-,20-/m0/s1. The highest BCUT2D eigenvalue weighted by atomic mass is 32.2. The molecule has 0 bridgehead atoms. The number of para-hydroxylation sites is 1. The second kappa shape index (κ2) is 8.28. The largest absolute Gasteiger partial charge is 0.496 e. The molecule has 1 unspecified atom stereocenters. The number of hydrogen-bond donors (Lipinski definition) is 1. The zero-order chi connectivity index (χ0) is 19.3. The third-order valence-corrected chi connectivity index (χ3v) is 5.01. The third-order valence-electron chi connectivity index (χ3n) is 4.06. The molecule has 0 saturated heterocycles. The molecule has 0 amide bonds. The van der Waals surface area contributed by atoms with Crippen molar-refractivity contribution in [3.8, 4) is 11.6 Å². The molecule has 5 nitrogen and oxygen atoms in total. The lowest BCUT2D eigenvalue weighted by molar-refractivity contribution is 0.0587. The molecule has 3 atom stereocenters. The number of nitrogens with zero attached hydrogens (tertiary/aromatic N) is 1. The van der Waals surface area contributed by atoms with Gasteiger partial charge in [0, 0.05) is 23.4 Å². The van der Waals surface area contributed by atoms with Crippen LogP contribution in [0.2, 0.25) is 0 Å². The average Bonchev–Trinajstić information content (AvgIpc) is 2.72. The Bertz CT molecular complexity index is 910. The van der Waals surface area contributed by atoms with Gasteiger partial charge in [0.1, 0.15) is 5.75 Å². The first-order chi connectivity index (χ1) is 13.1. The van der Waals surface area contributed by atoms with Crippen LogP contribution in [0.3, 0.4) is 0 Å². The van der Waals surface area contributed by atoms with Crippen molar-refractivity contribution in [2.45, 2.75) is 11.1 Å². The number of benzene rings is 2. The molecule has 1 aromatic heterocycles. The lowest BCUT2D eigenvalue weighted by Gasteiger charge is -2.32. The van der Waals surface area contributed by atoms with Crippen LogP contribution >= 0.6 is 0 Å². The molecule has 27 heavy (non-hydrogen) atoms. The summed E-state index contributed by atoms with van der Waals surface area (Å²) in [6.45, 7) is 0. The summed E-state index contributed by atoms with van der Waals surface area (Å²) in [5.74, 6) is 0.457. The Morgan fingerprint density at radius 2 is 1.70 bits per heavy atom. The number of aromatic nitrogens is 1. The van der Waals surface area contributed by atoms with Gasteiger partial charge in [-0.05, 0) is 12.1 Å². The quantitative estimate of drug-likeness (QED) is 0.614. The van der Waals surface area contributed by atoms with Gasteiger partial charge in [-0.15, -0.1) is 0 Å². The highest BCUT2D eigenvalue weighted by molar-refractivity contribution is 7.80. The van der Waals surface area contributed by atoms with Crippen molar-refractivity contribution in [1.29, 1.82) is 0 Å². The molecule has 3 aromatic rings. The van der Waals surface area contributed by atoms with E-state index < -0.39 is 22.2 Å². The first kappa shape index (κ1) is 19.0. The van der Waals surface area contributed by atoms with Gasteiger partial charge in [-0.3, -0.25) is 0 Å². The second-order valence-corrected chi connectivity index (χ2v) is 6.76. The van der Waals surface area contributed by atoms with Crippen LogP contribution in [0.15, 0.2) is 79.0 Å². The van der Waals surface area contributed by atoms with Crippen LogP contribution in [0.5, 0.6) is 11.6 Å². The Labute approximate surface area is 159 Å². The summed E-state index contributed by atoms with van der Waals surface area (Å²) >= 11 is -2.91. The zero-order valence-corrected chi connectivity index (χ0v) is 15.3. The van der Waals surface area contributed by atoms with Gasteiger partial charge in [0.15, 0.2) is 6.10 Å². The number of methoxy groups -OCH3 is 1. The van der Waals surface area contributed by atoms with Crippen molar-refractivity contribution in [2.24, 2.45) is 0 Å². The van der Waals surface area contributed by atoms with E-state index in [-0.39, 0.29) is 11.4 Å². The second-order valence-electron chi connectivity index (χ2n) is 5.67. The van der Waals surface area contributed by atoms with E-state index >= 15 is 4.39 Å². The van der Waals surface area contributed by atoms with E-state index in [0.29, 0.717) is 11.3 Å². The van der Waals surface area contributed by atoms with E-state index in [4.69, 9.17) is 9.47 Å². The molecule has 0 aliphatic carbocycles. The van der Waals surface area contributed by atoms with Gasteiger partial charge < -0.3 is 14.0 Å². The minimum Gasteiger partial charge on any atom is -0.496 e. The molecule has 0 aliphatic rings. The van der Waals surface area contributed by atoms with E-state index in [1.165, 1.54) is 25.4 Å². The molecule has 7 heteroatoms. The van der Waals surface area contributed by atoms with Crippen LogP contribution in [-0.4, -0.2) is 20.9 Å². The van der Waals surface area contributed by atoms with Crippen molar-refractivity contribution in [3.63, 3.8) is 0 Å². The number of rotatable bonds is 7. The average molecular weight is 387 g/mol. The van der Waals surface area contributed by atoms with E-state index in [1.54, 1.807) is 60.7 Å². The minimum absolute atomic E-state index is 0.0117. The Kier molecular flexibility index (Phi) is 5.83. The van der Waals surface area contributed by atoms with E-state index in [1.807, 2.05) is 0 Å². The van der Waals surface area contributed by atoms with Crippen molar-refractivity contribution >= 4 is 11.1 Å². The molecule has 0 radical (unpaired) electrons. The van der Waals surface area contributed by atoms with Crippen LogP contribution in [0.25, 0.3) is 0 Å². The summed E-state index contributed by atoms with van der Waals surface area (Å²) in [4.78, 5) is 4.06. The topological polar surface area (TPSA) is 68.7 Å². The fraction of sp³-hybridized carbons (Fsp3) is 0.150. The van der Waals surface area contributed by atoms with Gasteiger partial charge in [-0.1, -0.05) is 54.6 Å². The molecule has 0 aliphatic heterocycles. The Balaban J connectivity index is 2.19. The van der Waals surface area contributed by atoms with Gasteiger partial charge in [0.05, 0.1) is 7.11 Å². The summed E-state index contributed by atoms with van der Waals surface area (Å²) < 4.78 is 49.5. The van der Waals surface area contributed by atoms with Crippen molar-refractivity contribution in [1.82, 2.24) is 4.98 Å². The normalized spacial score (nSPS) is 15.4. The smallest absolute Gasteiger partial charge is 0.275 e. The number of hydrogen-bond acceptors (Lipinski definition) is 4. The van der Waals surface area contributed by atoms with E-state index in [0.717, 1.165) is 0 Å². The number of pyridine rings is 1. The summed E-state index contributed by atoms with van der Waals surface area (Å²) in [6, 6.07) is 19.3. The molecule has 3 rings (SSSR count). The van der Waals surface area contributed by atoms with E-state index in [9.17, 15) is 8.76 Å². The summed E-state index contributed by atoms with van der Waals surface area (Å²) in [6.07, 6.45) is 0.0178. The van der Waals surface area contributed by atoms with Crippen molar-refractivity contribution in [3.05, 3.63) is 90.1 Å². The highest BCUT2D eigenvalue weighted by Gasteiger charge is 2.51. The lowest BCUT2D eigenvalue weighted by Crippen LogP contribution is -2.37. The molecule has 140 valence electrons. The minimum atomic E-state index is -2.91. The number of ether oxygens (including phenoxy) is 2. The number of halogens is 1. The summed E-state index contributed by atoms with van der Waals surface area (Å²) in [5.41, 5.74) is 0.303. The highest BCUT2D eigenvalue weighted by Crippen LogP contribution is 2.46. The Morgan fingerprint density at radius 1 is 1.04 bits per heavy atom. The molecule has 2 aromatic carbocycles. The van der Waals surface area contributed by atoms with Crippen LogP contribution < -0.4 is 9.47 Å². The van der Waals surface area contributed by atoms with Gasteiger partial charge in [-0.2, -0.15) is 0 Å². The molecule has 1 N–H and O–H groups in total. The zero-order valence-electron chi connectivity index (χ0n) is 14.5. The Hall–Kier alpha value is -2.77.